The van der Waals surface area contributed by atoms with Crippen LogP contribution in [0, 0.1) is 0 Å². The first-order valence-electron chi connectivity index (χ1n) is 13.9. The number of piperazine rings is 1. The number of aromatic hydroxyl groups is 1. The number of rotatable bonds is 7. The van der Waals surface area contributed by atoms with Crippen molar-refractivity contribution in [1.29, 1.82) is 0 Å². The first-order chi connectivity index (χ1) is 19.8. The Hall–Kier alpha value is -4.44. The molecule has 41 heavy (non-hydrogen) atoms. The molecule has 2 N–H and O–H groups in total. The van der Waals surface area contributed by atoms with Gasteiger partial charge in [0.25, 0.3) is 5.91 Å². The number of imide groups is 1. The van der Waals surface area contributed by atoms with Crippen LogP contribution in [0.4, 0.5) is 5.82 Å². The average Bonchev–Trinajstić information content (AvgIpc) is 3.47. The monoisotopic (exact) mass is 555 g/mol. The molecule has 212 valence electrons. The summed E-state index contributed by atoms with van der Waals surface area (Å²) in [5.74, 6) is 0.451. The number of anilines is 1. The molecule has 3 aliphatic heterocycles. The third-order valence-corrected chi connectivity index (χ3v) is 8.52. The highest BCUT2D eigenvalue weighted by atomic mass is 16.5. The Kier molecular flexibility index (Phi) is 6.86. The summed E-state index contributed by atoms with van der Waals surface area (Å²) in [6.45, 7) is 7.23. The first-order valence-corrected chi connectivity index (χ1v) is 13.9. The average molecular weight is 556 g/mol. The van der Waals surface area contributed by atoms with Crippen molar-refractivity contribution in [3.8, 4) is 22.8 Å². The van der Waals surface area contributed by atoms with E-state index in [1.165, 1.54) is 0 Å². The van der Waals surface area contributed by atoms with Crippen molar-refractivity contribution in [1.82, 2.24) is 20.1 Å². The second kappa shape index (κ2) is 10.5. The number of benzene rings is 2. The molecule has 0 unspecified atom stereocenters. The van der Waals surface area contributed by atoms with Gasteiger partial charge < -0.3 is 24.5 Å². The second-order valence-electron chi connectivity index (χ2n) is 10.9. The summed E-state index contributed by atoms with van der Waals surface area (Å²) in [5.41, 5.74) is 1.93. The number of amides is 3. The minimum atomic E-state index is -1.23. The second-order valence-corrected chi connectivity index (χ2v) is 10.9. The fraction of sp³-hybridized carbons (Fsp3) is 0.355. The number of pyridine rings is 1. The number of hydrogen-bond acceptors (Lipinski definition) is 8. The maximum atomic E-state index is 13.3. The van der Waals surface area contributed by atoms with Crippen molar-refractivity contribution in [2.24, 2.45) is 0 Å². The number of ether oxygens (including phenoxy) is 1. The van der Waals surface area contributed by atoms with Crippen LogP contribution in [-0.2, 0) is 21.5 Å². The molecule has 1 aromatic heterocycles. The smallest absolute Gasteiger partial charge is 0.254 e. The van der Waals surface area contributed by atoms with E-state index in [9.17, 15) is 19.5 Å². The summed E-state index contributed by atoms with van der Waals surface area (Å²) in [4.78, 5) is 50.1. The molecule has 4 heterocycles. The van der Waals surface area contributed by atoms with Crippen molar-refractivity contribution in [3.05, 3.63) is 71.3 Å². The SMILES string of the molecule is CCN1CCN(c2ccc(O)c(-c3ccc([C@]4(CN5Cc6ccc(OC)cc6C5=O)CC(=O)NC4=O)cc3)n2)CC1. The number of nitrogens with zero attached hydrogens (tertiary/aromatic N) is 4. The minimum Gasteiger partial charge on any atom is -0.506 e. The van der Waals surface area contributed by atoms with Crippen molar-refractivity contribution in [2.75, 3.05) is 51.3 Å². The maximum absolute atomic E-state index is 13.3. The number of hydrogen-bond donors (Lipinski definition) is 2. The summed E-state index contributed by atoms with van der Waals surface area (Å²) in [7, 11) is 1.55. The van der Waals surface area contributed by atoms with Crippen LogP contribution in [0.1, 0.15) is 34.8 Å². The molecule has 0 aliphatic carbocycles. The van der Waals surface area contributed by atoms with Gasteiger partial charge in [0.05, 0.1) is 7.11 Å². The molecule has 6 rings (SSSR count). The fourth-order valence-electron chi connectivity index (χ4n) is 6.09. The molecule has 2 aromatic carbocycles. The van der Waals surface area contributed by atoms with Crippen LogP contribution in [0.15, 0.2) is 54.6 Å². The largest absolute Gasteiger partial charge is 0.506 e. The van der Waals surface area contributed by atoms with Crippen molar-refractivity contribution < 1.29 is 24.2 Å². The summed E-state index contributed by atoms with van der Waals surface area (Å²) >= 11 is 0. The Morgan fingerprint density at radius 3 is 2.41 bits per heavy atom. The van der Waals surface area contributed by atoms with Gasteiger partial charge in [0, 0.05) is 56.8 Å². The number of aromatic nitrogens is 1. The van der Waals surface area contributed by atoms with Gasteiger partial charge in [-0.25, -0.2) is 4.98 Å². The van der Waals surface area contributed by atoms with Gasteiger partial charge in [0.2, 0.25) is 11.8 Å². The molecule has 0 radical (unpaired) electrons. The van der Waals surface area contributed by atoms with E-state index < -0.39 is 11.3 Å². The van der Waals surface area contributed by atoms with E-state index in [-0.39, 0.29) is 30.5 Å². The lowest BCUT2D eigenvalue weighted by Crippen LogP contribution is -2.46. The number of methoxy groups -OCH3 is 1. The molecule has 1 atom stereocenters. The Balaban J connectivity index is 1.27. The van der Waals surface area contributed by atoms with Crippen molar-refractivity contribution >= 4 is 23.5 Å². The quantitative estimate of drug-likeness (QED) is 0.428. The third kappa shape index (κ3) is 4.78. The predicted octanol–water partition coefficient (Wildman–Crippen LogP) is 2.55. The predicted molar refractivity (Wildman–Crippen MR) is 153 cm³/mol. The molecule has 3 amide bonds. The summed E-state index contributed by atoms with van der Waals surface area (Å²) in [6.07, 6.45) is -0.0582. The molecule has 3 aromatic rings. The molecule has 2 saturated heterocycles. The van der Waals surface area contributed by atoms with Crippen LogP contribution in [0.2, 0.25) is 0 Å². The molecule has 10 heteroatoms. The lowest BCUT2D eigenvalue weighted by Gasteiger charge is -2.35. The molecule has 2 fully saturated rings. The summed E-state index contributed by atoms with van der Waals surface area (Å²) < 4.78 is 5.28. The maximum Gasteiger partial charge on any atom is 0.254 e. The standard InChI is InChI=1S/C31H33N5O5/c1-3-34-12-14-35(15-13-34)26-11-10-25(37)28(32-26)20-4-7-22(8-5-20)31(17-27(38)33-30(31)40)19-36-18-21-6-9-23(41-2)16-24(21)29(36)39/h4-11,16,37H,3,12-15,17-19H2,1-2H3,(H,33,38,40)/t31-/m1/s1. The number of nitrogens with one attached hydrogen (secondary N) is 1. The van der Waals surface area contributed by atoms with Gasteiger partial charge in [-0.2, -0.15) is 0 Å². The van der Waals surface area contributed by atoms with Crippen LogP contribution >= 0.6 is 0 Å². The third-order valence-electron chi connectivity index (χ3n) is 8.52. The Morgan fingerprint density at radius 1 is 1.00 bits per heavy atom. The van der Waals surface area contributed by atoms with Crippen molar-refractivity contribution in [3.63, 3.8) is 0 Å². The number of fused-ring (bicyclic) bond motifs is 1. The van der Waals surface area contributed by atoms with Crippen LogP contribution < -0.4 is 15.0 Å². The molecule has 0 saturated carbocycles. The Morgan fingerprint density at radius 2 is 1.76 bits per heavy atom. The molecule has 0 bridgehead atoms. The van der Waals surface area contributed by atoms with Gasteiger partial charge >= 0.3 is 0 Å². The zero-order chi connectivity index (χ0) is 28.7. The highest BCUT2D eigenvalue weighted by molar-refractivity contribution is 6.10. The number of carbonyl (C=O) groups excluding carboxylic acids is 3. The lowest BCUT2D eigenvalue weighted by atomic mass is 9.78. The summed E-state index contributed by atoms with van der Waals surface area (Å²) in [6, 6.07) is 16.0. The van der Waals surface area contributed by atoms with E-state index in [0.717, 1.165) is 44.1 Å². The fourth-order valence-corrected chi connectivity index (χ4v) is 6.09. The topological polar surface area (TPSA) is 115 Å². The van der Waals surface area contributed by atoms with E-state index in [1.54, 1.807) is 54.5 Å². The Labute approximate surface area is 238 Å². The van der Waals surface area contributed by atoms with E-state index in [1.807, 2.05) is 12.1 Å². The highest BCUT2D eigenvalue weighted by Crippen LogP contribution is 2.38. The van der Waals surface area contributed by atoms with Crippen LogP contribution in [0.3, 0.4) is 0 Å². The summed E-state index contributed by atoms with van der Waals surface area (Å²) in [5, 5.41) is 13.1. The van der Waals surface area contributed by atoms with Gasteiger partial charge in [-0.15, -0.1) is 0 Å². The lowest BCUT2D eigenvalue weighted by molar-refractivity contribution is -0.126. The van der Waals surface area contributed by atoms with E-state index in [2.05, 4.69) is 22.0 Å². The zero-order valence-corrected chi connectivity index (χ0v) is 23.2. The zero-order valence-electron chi connectivity index (χ0n) is 23.2. The first kappa shape index (κ1) is 26.8. The van der Waals surface area contributed by atoms with Crippen LogP contribution in [0.5, 0.6) is 11.5 Å². The van der Waals surface area contributed by atoms with Crippen LogP contribution in [-0.4, -0.2) is 84.0 Å². The normalized spacial score (nSPS) is 20.9. The molecule has 0 spiro atoms. The van der Waals surface area contributed by atoms with Gasteiger partial charge in [0.1, 0.15) is 28.4 Å². The van der Waals surface area contributed by atoms with Gasteiger partial charge in [0.15, 0.2) is 0 Å². The van der Waals surface area contributed by atoms with Gasteiger partial charge in [-0.05, 0) is 41.9 Å². The van der Waals surface area contributed by atoms with Crippen LogP contribution in [0.25, 0.3) is 11.3 Å². The van der Waals surface area contributed by atoms with E-state index >= 15 is 0 Å². The number of likely N-dealkylation sites (N-methyl/N-ethyl adjacent to an activating group) is 1. The number of carbonyl (C=O) groups is 3. The van der Waals surface area contributed by atoms with Crippen molar-refractivity contribution in [2.45, 2.75) is 25.3 Å². The van der Waals surface area contributed by atoms with E-state index in [0.29, 0.717) is 34.7 Å². The minimum absolute atomic E-state index is 0.0580. The molecule has 3 aliphatic rings. The highest BCUT2D eigenvalue weighted by Gasteiger charge is 2.50. The van der Waals surface area contributed by atoms with E-state index in [4.69, 9.17) is 9.72 Å². The van der Waals surface area contributed by atoms with Gasteiger partial charge in [-0.3, -0.25) is 19.7 Å². The Bertz CT molecular complexity index is 1520. The van der Waals surface area contributed by atoms with Gasteiger partial charge in [-0.1, -0.05) is 37.3 Å². The molecular weight excluding hydrogens is 522 g/mol. The molecule has 10 nitrogen and oxygen atoms in total. The molecular formula is C31H33N5O5.